The number of oxazole rings is 1. The molecule has 0 fully saturated rings. The molecule has 0 amide bonds. The Hall–Kier alpha value is -2.53. The van der Waals surface area contributed by atoms with E-state index in [1.54, 1.807) is 4.57 Å². The van der Waals surface area contributed by atoms with Gasteiger partial charge >= 0.3 is 0 Å². The second-order valence-corrected chi connectivity index (χ2v) is 6.50. The molecule has 0 atom stereocenters. The van der Waals surface area contributed by atoms with Gasteiger partial charge in [0.25, 0.3) is 4.84 Å². The summed E-state index contributed by atoms with van der Waals surface area (Å²) in [7, 11) is 0. The summed E-state index contributed by atoms with van der Waals surface area (Å²) in [6.45, 7) is 5.62. The summed E-state index contributed by atoms with van der Waals surface area (Å²) in [5, 5.41) is 12.8. The topological polar surface area (TPSA) is 43.2 Å². The van der Waals surface area contributed by atoms with E-state index in [1.165, 1.54) is 21.8 Å². The number of aromatic hydroxyl groups is 1. The molecule has 4 nitrogen and oxygen atoms in total. The van der Waals surface area contributed by atoms with Crippen molar-refractivity contribution < 1.29 is 9.52 Å². The molecule has 0 spiro atoms. The van der Waals surface area contributed by atoms with Gasteiger partial charge in [-0.3, -0.25) is 4.57 Å². The van der Waals surface area contributed by atoms with Crippen molar-refractivity contribution in [2.45, 2.75) is 33.4 Å². The molecule has 2 heterocycles. The maximum atomic E-state index is 10.3. The minimum atomic E-state index is 0.128. The fourth-order valence-electron chi connectivity index (χ4n) is 3.57. The van der Waals surface area contributed by atoms with Gasteiger partial charge in [-0.05, 0) is 49.8 Å². The van der Waals surface area contributed by atoms with E-state index in [1.807, 2.05) is 6.92 Å². The van der Waals surface area contributed by atoms with E-state index in [0.717, 1.165) is 12.1 Å². The highest BCUT2D eigenvalue weighted by molar-refractivity contribution is 7.71. The second kappa shape index (κ2) is 6.08. The van der Waals surface area contributed by atoms with E-state index in [2.05, 4.69) is 54.0 Å². The largest absolute Gasteiger partial charge is 0.492 e. The van der Waals surface area contributed by atoms with Gasteiger partial charge in [0.05, 0.1) is 0 Å². The standard InChI is InChI=1S/C20H20N2O2S/c1-3-21-16-8-6-5-7-14(16)15-11-13(9-10-17(15)21)12-18-19(23)22(4-2)20(25)24-18/h5-11,23H,3-4,12H2,1-2H3. The zero-order valence-corrected chi connectivity index (χ0v) is 15.1. The summed E-state index contributed by atoms with van der Waals surface area (Å²) in [4.78, 5) is 0.318. The normalized spacial score (nSPS) is 11.6. The van der Waals surface area contributed by atoms with Gasteiger partial charge in [0.15, 0.2) is 5.76 Å². The van der Waals surface area contributed by atoms with Gasteiger partial charge in [-0.1, -0.05) is 24.3 Å². The van der Waals surface area contributed by atoms with Crippen molar-refractivity contribution in [1.29, 1.82) is 0 Å². The van der Waals surface area contributed by atoms with Crippen molar-refractivity contribution in [3.8, 4) is 5.88 Å². The lowest BCUT2D eigenvalue weighted by Gasteiger charge is -2.04. The molecule has 0 aliphatic rings. The monoisotopic (exact) mass is 352 g/mol. The molecular weight excluding hydrogens is 332 g/mol. The maximum Gasteiger partial charge on any atom is 0.271 e. The van der Waals surface area contributed by atoms with Crippen LogP contribution in [0.2, 0.25) is 0 Å². The molecule has 2 aromatic carbocycles. The van der Waals surface area contributed by atoms with Crippen LogP contribution in [0.1, 0.15) is 25.2 Å². The van der Waals surface area contributed by atoms with Crippen molar-refractivity contribution in [3.63, 3.8) is 0 Å². The van der Waals surface area contributed by atoms with E-state index in [9.17, 15) is 5.11 Å². The summed E-state index contributed by atoms with van der Waals surface area (Å²) >= 11 is 5.17. The molecular formula is C20H20N2O2S. The lowest BCUT2D eigenvalue weighted by atomic mass is 10.1. The number of fused-ring (bicyclic) bond motifs is 3. The molecule has 128 valence electrons. The van der Waals surface area contributed by atoms with Gasteiger partial charge in [0.2, 0.25) is 5.88 Å². The van der Waals surface area contributed by atoms with E-state index in [-0.39, 0.29) is 5.88 Å². The molecule has 0 aliphatic carbocycles. The average molecular weight is 352 g/mol. The van der Waals surface area contributed by atoms with Crippen LogP contribution < -0.4 is 0 Å². The Morgan fingerprint density at radius 1 is 0.960 bits per heavy atom. The number of rotatable bonds is 4. The molecule has 2 aromatic heterocycles. The van der Waals surface area contributed by atoms with Gasteiger partial charge in [-0.15, -0.1) is 0 Å². The molecule has 0 radical (unpaired) electrons. The Labute approximate surface area is 150 Å². The summed E-state index contributed by atoms with van der Waals surface area (Å²) in [6.07, 6.45) is 0.518. The number of para-hydroxylation sites is 1. The van der Waals surface area contributed by atoms with Gasteiger partial charge in [0, 0.05) is 41.3 Å². The molecule has 5 heteroatoms. The Bertz CT molecular complexity index is 1130. The molecule has 1 N–H and O–H groups in total. The Kier molecular flexibility index (Phi) is 3.88. The van der Waals surface area contributed by atoms with Gasteiger partial charge in [-0.25, -0.2) is 0 Å². The van der Waals surface area contributed by atoms with E-state index >= 15 is 0 Å². The summed E-state index contributed by atoms with van der Waals surface area (Å²) in [5.74, 6) is 0.647. The highest BCUT2D eigenvalue weighted by atomic mass is 32.1. The lowest BCUT2D eigenvalue weighted by Crippen LogP contribution is -1.94. The SMILES string of the molecule is CCn1c(O)c(Cc2ccc3c(c2)c2ccccc2n3CC)oc1=S. The third-order valence-electron chi connectivity index (χ3n) is 4.77. The number of aryl methyl sites for hydroxylation is 1. The molecule has 0 saturated carbocycles. The zero-order valence-electron chi connectivity index (χ0n) is 14.3. The van der Waals surface area contributed by atoms with Gasteiger partial charge in [-0.2, -0.15) is 0 Å². The van der Waals surface area contributed by atoms with E-state index < -0.39 is 0 Å². The highest BCUT2D eigenvalue weighted by Gasteiger charge is 2.15. The first-order valence-electron chi connectivity index (χ1n) is 8.55. The predicted molar refractivity (Wildman–Crippen MR) is 103 cm³/mol. The average Bonchev–Trinajstić information content (AvgIpc) is 3.08. The lowest BCUT2D eigenvalue weighted by molar-refractivity contribution is 0.412. The fourth-order valence-corrected chi connectivity index (χ4v) is 3.89. The number of benzene rings is 2. The molecule has 0 unspecified atom stereocenters. The summed E-state index contributed by atoms with van der Waals surface area (Å²) < 4.78 is 9.52. The van der Waals surface area contributed by atoms with Crippen molar-refractivity contribution >= 4 is 34.0 Å². The summed E-state index contributed by atoms with van der Waals surface area (Å²) in [5.41, 5.74) is 3.56. The quantitative estimate of drug-likeness (QED) is 0.510. The van der Waals surface area contributed by atoms with Crippen LogP contribution in [0.15, 0.2) is 46.9 Å². The molecule has 0 bridgehead atoms. The molecule has 0 saturated heterocycles. The number of hydrogen-bond donors (Lipinski definition) is 1. The maximum absolute atomic E-state index is 10.3. The third kappa shape index (κ3) is 2.46. The van der Waals surface area contributed by atoms with Crippen LogP contribution in [0.3, 0.4) is 0 Å². The van der Waals surface area contributed by atoms with Crippen molar-refractivity contribution in [2.24, 2.45) is 0 Å². The van der Waals surface area contributed by atoms with E-state index in [0.29, 0.717) is 23.6 Å². The summed E-state index contributed by atoms with van der Waals surface area (Å²) in [6, 6.07) is 14.9. The van der Waals surface area contributed by atoms with Crippen LogP contribution in [0, 0.1) is 4.84 Å². The van der Waals surface area contributed by atoms with Crippen LogP contribution >= 0.6 is 12.2 Å². The Balaban J connectivity index is 1.85. The third-order valence-corrected chi connectivity index (χ3v) is 5.07. The van der Waals surface area contributed by atoms with Crippen LogP contribution in [-0.2, 0) is 19.5 Å². The molecule has 25 heavy (non-hydrogen) atoms. The van der Waals surface area contributed by atoms with Gasteiger partial charge < -0.3 is 14.1 Å². The minimum absolute atomic E-state index is 0.128. The van der Waals surface area contributed by atoms with Crippen molar-refractivity contribution in [3.05, 3.63) is 58.6 Å². The first-order valence-corrected chi connectivity index (χ1v) is 8.96. The highest BCUT2D eigenvalue weighted by Crippen LogP contribution is 2.31. The van der Waals surface area contributed by atoms with Crippen LogP contribution in [0.25, 0.3) is 21.8 Å². The van der Waals surface area contributed by atoms with Crippen LogP contribution in [0.4, 0.5) is 0 Å². The number of aromatic nitrogens is 2. The minimum Gasteiger partial charge on any atom is -0.492 e. The number of nitrogens with zero attached hydrogens (tertiary/aromatic N) is 2. The zero-order chi connectivity index (χ0) is 17.6. The van der Waals surface area contributed by atoms with Crippen molar-refractivity contribution in [2.75, 3.05) is 0 Å². The fraction of sp³-hybridized carbons (Fsp3) is 0.250. The van der Waals surface area contributed by atoms with E-state index in [4.69, 9.17) is 16.6 Å². The van der Waals surface area contributed by atoms with Crippen LogP contribution in [-0.4, -0.2) is 14.2 Å². The first-order chi connectivity index (χ1) is 12.1. The predicted octanol–water partition coefficient (Wildman–Crippen LogP) is 5.25. The smallest absolute Gasteiger partial charge is 0.271 e. The van der Waals surface area contributed by atoms with Crippen LogP contribution in [0.5, 0.6) is 5.88 Å². The molecule has 4 rings (SSSR count). The first kappa shape index (κ1) is 16.0. The molecule has 0 aliphatic heterocycles. The van der Waals surface area contributed by atoms with Crippen molar-refractivity contribution in [1.82, 2.24) is 9.13 Å². The Morgan fingerprint density at radius 3 is 2.40 bits per heavy atom. The second-order valence-electron chi connectivity index (χ2n) is 6.15. The number of hydrogen-bond acceptors (Lipinski definition) is 3. The Morgan fingerprint density at radius 2 is 1.68 bits per heavy atom. The molecule has 4 aromatic rings. The van der Waals surface area contributed by atoms with Gasteiger partial charge in [0.1, 0.15) is 0 Å².